The van der Waals surface area contributed by atoms with E-state index in [1.807, 2.05) is 58.4 Å². The number of furan rings is 1. The average Bonchev–Trinajstić information content (AvgIpc) is 3.52. The van der Waals surface area contributed by atoms with Crippen LogP contribution in [0.5, 0.6) is 0 Å². The molecule has 0 saturated carbocycles. The fourth-order valence-corrected chi connectivity index (χ4v) is 6.87. The van der Waals surface area contributed by atoms with E-state index in [0.29, 0.717) is 0 Å². The van der Waals surface area contributed by atoms with E-state index in [-0.39, 0.29) is 43.5 Å². The van der Waals surface area contributed by atoms with Crippen LogP contribution in [-0.2, 0) is 37.7 Å². The maximum Gasteiger partial charge on any atom is 0.162 e. The molecule has 0 spiro atoms. The summed E-state index contributed by atoms with van der Waals surface area (Å²) in [6.45, 7) is 8.07. The first-order valence-electron chi connectivity index (χ1n) is 17.3. The number of aliphatic hydroxyl groups is 1. The predicted octanol–water partition coefficient (Wildman–Crippen LogP) is 11.1. The number of allylic oxidation sites excluding steroid dienone is 2. The summed E-state index contributed by atoms with van der Waals surface area (Å²) in [6, 6.07) is 28.9. The minimum absolute atomic E-state index is 0. The van der Waals surface area contributed by atoms with Gasteiger partial charge in [-0.1, -0.05) is 92.7 Å². The predicted molar refractivity (Wildman–Crippen MR) is 196 cm³/mol. The molecule has 6 aromatic rings. The van der Waals surface area contributed by atoms with E-state index in [1.54, 1.807) is 0 Å². The molecule has 1 radical (unpaired) electrons. The van der Waals surface area contributed by atoms with Crippen LogP contribution in [-0.4, -0.2) is 20.9 Å². The fraction of sp³-hybridized carbons (Fsp3) is 0.279. The van der Waals surface area contributed by atoms with Gasteiger partial charge in [0.25, 0.3) is 0 Å². The zero-order valence-corrected chi connectivity index (χ0v) is 31.0. The van der Waals surface area contributed by atoms with Gasteiger partial charge in [-0.25, -0.2) is 0 Å². The molecule has 5 nitrogen and oxygen atoms in total. The number of hydrogen-bond donors (Lipinski definition) is 1. The average molecular weight is 828 g/mol. The monoisotopic (exact) mass is 828 g/mol. The van der Waals surface area contributed by atoms with E-state index < -0.39 is 0 Å². The van der Waals surface area contributed by atoms with Crippen LogP contribution in [0.4, 0.5) is 0 Å². The molecular weight excluding hydrogens is 785 g/mol. The van der Waals surface area contributed by atoms with Gasteiger partial charge in [0.2, 0.25) is 0 Å². The third kappa shape index (κ3) is 7.46. The molecule has 6 heteroatoms. The van der Waals surface area contributed by atoms with Gasteiger partial charge in [0.05, 0.1) is 5.76 Å². The number of pyridine rings is 2. The largest absolute Gasteiger partial charge is 0.512 e. The van der Waals surface area contributed by atoms with Gasteiger partial charge in [0.15, 0.2) is 5.78 Å². The van der Waals surface area contributed by atoms with Gasteiger partial charge in [-0.15, -0.1) is 23.6 Å². The molecule has 0 fully saturated rings. The Labute approximate surface area is 302 Å². The topological polar surface area (TPSA) is 76.2 Å². The Hall–Kier alpha value is -4.38. The second kappa shape index (κ2) is 16.3. The van der Waals surface area contributed by atoms with Crippen molar-refractivity contribution in [3.05, 3.63) is 121 Å². The standard InChI is InChI=1S/C30H19N2O.C13H24O2.Ir/c1-2-6-19(7-3-1)24-17-22(16-21-8-4-5-9-23(21)24)30-29-27(13-15-32-30)33-26-11-10-20-12-14-31-18-25(20)28(26)29;1-5-10(6-2)12(14)9-13(15)11(7-3)8-4;/h1-9,12-15,17-18H,10-11H2;9-11,14H,5-8H2,1-4H3;/q-1;;/b;12-9-;. The van der Waals surface area contributed by atoms with Crippen LogP contribution in [0.1, 0.15) is 64.7 Å². The van der Waals surface area contributed by atoms with Crippen molar-refractivity contribution in [1.29, 1.82) is 0 Å². The molecule has 0 amide bonds. The molecule has 1 N–H and O–H groups in total. The zero-order chi connectivity index (χ0) is 33.6. The van der Waals surface area contributed by atoms with Gasteiger partial charge in [-0.05, 0) is 55.4 Å². The van der Waals surface area contributed by atoms with Crippen LogP contribution >= 0.6 is 0 Å². The molecule has 1 aliphatic carbocycles. The number of carbonyl (C=O) groups excluding carboxylic acids is 1. The molecule has 7 rings (SSSR count). The number of aromatic nitrogens is 2. The Morgan fingerprint density at radius 1 is 0.878 bits per heavy atom. The van der Waals surface area contributed by atoms with Crippen LogP contribution in [0.25, 0.3) is 55.3 Å². The van der Waals surface area contributed by atoms with Crippen molar-refractivity contribution in [2.75, 3.05) is 0 Å². The summed E-state index contributed by atoms with van der Waals surface area (Å²) >= 11 is 0. The molecule has 253 valence electrons. The van der Waals surface area contributed by atoms with Crippen LogP contribution in [0, 0.1) is 17.9 Å². The molecule has 0 bridgehead atoms. The summed E-state index contributed by atoms with van der Waals surface area (Å²) in [5.41, 5.74) is 8.68. The number of carbonyl (C=O) groups is 1. The van der Waals surface area contributed by atoms with Crippen molar-refractivity contribution in [3.63, 3.8) is 0 Å². The van der Waals surface area contributed by atoms with Crippen LogP contribution in [0.15, 0.2) is 108 Å². The number of aryl methyl sites for hydroxylation is 2. The van der Waals surface area contributed by atoms with Crippen molar-refractivity contribution in [2.45, 2.75) is 66.2 Å². The van der Waals surface area contributed by atoms with Crippen molar-refractivity contribution in [1.82, 2.24) is 9.97 Å². The SMILES string of the molecule is CCC(CC)C(=O)/C=C(\O)C(CC)CC.[Ir].[c-]1c(-c2nccc3oc4c(c23)-c2cnccc2CC4)cc(-c2ccccc2)c2ccccc12. The maximum atomic E-state index is 11.7. The number of ketones is 1. The number of benzene rings is 3. The Kier molecular flexibility index (Phi) is 12.0. The summed E-state index contributed by atoms with van der Waals surface area (Å²) < 4.78 is 6.33. The molecule has 0 atom stereocenters. The molecule has 1 aliphatic rings. The van der Waals surface area contributed by atoms with Gasteiger partial charge < -0.3 is 9.52 Å². The summed E-state index contributed by atoms with van der Waals surface area (Å²) in [6.07, 6.45) is 12.4. The number of rotatable bonds is 9. The van der Waals surface area contributed by atoms with Crippen molar-refractivity contribution in [2.24, 2.45) is 11.8 Å². The van der Waals surface area contributed by atoms with E-state index in [1.165, 1.54) is 28.2 Å². The second-order valence-electron chi connectivity index (χ2n) is 12.5. The smallest absolute Gasteiger partial charge is 0.162 e. The van der Waals surface area contributed by atoms with E-state index in [9.17, 15) is 9.90 Å². The summed E-state index contributed by atoms with van der Waals surface area (Å²) in [4.78, 5) is 21.0. The first-order valence-corrected chi connectivity index (χ1v) is 17.3. The Balaban J connectivity index is 0.000000252. The maximum absolute atomic E-state index is 11.7. The quantitative estimate of drug-likeness (QED) is 0.0892. The van der Waals surface area contributed by atoms with E-state index in [0.717, 1.165) is 83.0 Å². The molecule has 0 aliphatic heterocycles. The van der Waals surface area contributed by atoms with Gasteiger partial charge >= 0.3 is 0 Å². The molecule has 0 unspecified atom stereocenters. The Morgan fingerprint density at radius 3 is 2.33 bits per heavy atom. The van der Waals surface area contributed by atoms with Gasteiger partial charge in [-0.3, -0.25) is 14.8 Å². The van der Waals surface area contributed by atoms with Crippen LogP contribution in [0.2, 0.25) is 0 Å². The zero-order valence-electron chi connectivity index (χ0n) is 28.6. The third-order valence-corrected chi connectivity index (χ3v) is 9.67. The molecule has 3 heterocycles. The minimum atomic E-state index is 0. The molecule has 0 saturated heterocycles. The number of aliphatic hydroxyl groups excluding tert-OH is 1. The first-order chi connectivity index (χ1) is 23.5. The number of fused-ring (bicyclic) bond motifs is 6. The van der Waals surface area contributed by atoms with Gasteiger partial charge in [0.1, 0.15) is 11.3 Å². The molecule has 49 heavy (non-hydrogen) atoms. The Bertz CT molecular complexity index is 2070. The number of nitrogens with zero attached hydrogens (tertiary/aromatic N) is 2. The second-order valence-corrected chi connectivity index (χ2v) is 12.5. The summed E-state index contributed by atoms with van der Waals surface area (Å²) in [7, 11) is 0. The summed E-state index contributed by atoms with van der Waals surface area (Å²) in [5, 5.41) is 13.1. The third-order valence-electron chi connectivity index (χ3n) is 9.67. The van der Waals surface area contributed by atoms with E-state index in [2.05, 4.69) is 71.7 Å². The Morgan fingerprint density at radius 2 is 1.59 bits per heavy atom. The molecule has 3 aromatic heterocycles. The van der Waals surface area contributed by atoms with E-state index >= 15 is 0 Å². The minimum Gasteiger partial charge on any atom is -0.512 e. The van der Waals surface area contributed by atoms with Crippen molar-refractivity contribution in [3.8, 4) is 33.5 Å². The van der Waals surface area contributed by atoms with E-state index in [4.69, 9.17) is 9.40 Å². The summed E-state index contributed by atoms with van der Waals surface area (Å²) in [5.74, 6) is 1.56. The van der Waals surface area contributed by atoms with Crippen LogP contribution < -0.4 is 0 Å². The molecule has 3 aromatic carbocycles. The van der Waals surface area contributed by atoms with Crippen molar-refractivity contribution >= 4 is 27.5 Å². The number of hydrogen-bond acceptors (Lipinski definition) is 5. The fourth-order valence-electron chi connectivity index (χ4n) is 6.87. The van der Waals surface area contributed by atoms with Gasteiger partial charge in [-0.2, -0.15) is 0 Å². The first kappa shape index (κ1) is 35.9. The molecular formula is C43H43IrN2O3-. The van der Waals surface area contributed by atoms with Gasteiger partial charge in [0, 0.05) is 85.2 Å². The van der Waals surface area contributed by atoms with Crippen molar-refractivity contribution < 1.29 is 34.4 Å². The van der Waals surface area contributed by atoms with Crippen LogP contribution in [0.3, 0.4) is 0 Å². The normalized spacial score (nSPS) is 12.3.